The molecule has 24 heavy (non-hydrogen) atoms. The van der Waals surface area contributed by atoms with Gasteiger partial charge in [0.2, 0.25) is 5.91 Å². The van der Waals surface area contributed by atoms with Gasteiger partial charge in [-0.2, -0.15) is 13.2 Å². The number of hydrogen-bond donors (Lipinski definition) is 1. The van der Waals surface area contributed by atoms with Crippen molar-refractivity contribution in [2.75, 3.05) is 26.8 Å². The highest BCUT2D eigenvalue weighted by Gasteiger charge is 2.30. The number of methoxy groups -OCH3 is 1. The van der Waals surface area contributed by atoms with Crippen LogP contribution in [0.15, 0.2) is 24.3 Å². The average Bonchev–Trinajstić information content (AvgIpc) is 2.50. The molecule has 0 aliphatic heterocycles. The number of alkyl halides is 3. The Hall–Kier alpha value is -2.09. The molecule has 134 valence electrons. The lowest BCUT2D eigenvalue weighted by molar-refractivity contribution is -0.144. The highest BCUT2D eigenvalue weighted by molar-refractivity contribution is 5.81. The predicted molar refractivity (Wildman–Crippen MR) is 80.5 cm³/mol. The van der Waals surface area contributed by atoms with Crippen molar-refractivity contribution in [3.05, 3.63) is 35.4 Å². The van der Waals surface area contributed by atoms with E-state index in [-0.39, 0.29) is 25.5 Å². The van der Waals surface area contributed by atoms with Crippen molar-refractivity contribution in [3.8, 4) is 0 Å². The van der Waals surface area contributed by atoms with Crippen LogP contribution in [0, 0.1) is 0 Å². The summed E-state index contributed by atoms with van der Waals surface area (Å²) in [5.41, 5.74) is -0.238. The van der Waals surface area contributed by atoms with Gasteiger partial charge in [0.1, 0.15) is 6.54 Å². The number of halogens is 3. The lowest BCUT2D eigenvalue weighted by Gasteiger charge is -2.20. The Bertz CT molecular complexity index is 560. The van der Waals surface area contributed by atoms with Crippen molar-refractivity contribution in [3.63, 3.8) is 0 Å². The van der Waals surface area contributed by atoms with Crippen LogP contribution in [0.1, 0.15) is 24.0 Å². The highest BCUT2D eigenvalue weighted by Crippen LogP contribution is 2.29. The number of ether oxygens (including phenoxy) is 1. The molecule has 1 aromatic carbocycles. The van der Waals surface area contributed by atoms with E-state index in [1.165, 1.54) is 13.2 Å². The van der Waals surface area contributed by atoms with Gasteiger partial charge < -0.3 is 14.7 Å². The molecule has 0 unspecified atom stereocenters. The molecule has 0 aliphatic carbocycles. The fourth-order valence-electron chi connectivity index (χ4n) is 2.16. The fourth-order valence-corrected chi connectivity index (χ4v) is 2.16. The van der Waals surface area contributed by atoms with Crippen molar-refractivity contribution < 1.29 is 32.6 Å². The number of benzene rings is 1. The van der Waals surface area contributed by atoms with Crippen LogP contribution >= 0.6 is 0 Å². The van der Waals surface area contributed by atoms with Crippen molar-refractivity contribution in [1.82, 2.24) is 4.90 Å². The van der Waals surface area contributed by atoms with E-state index in [1.807, 2.05) is 0 Å². The van der Waals surface area contributed by atoms with Gasteiger partial charge in [-0.3, -0.25) is 9.59 Å². The molecule has 0 atom stereocenters. The van der Waals surface area contributed by atoms with Gasteiger partial charge in [0.15, 0.2) is 0 Å². The molecule has 0 bridgehead atoms. The van der Waals surface area contributed by atoms with Crippen LogP contribution in [-0.4, -0.2) is 48.7 Å². The van der Waals surface area contributed by atoms with E-state index in [4.69, 9.17) is 9.84 Å². The summed E-state index contributed by atoms with van der Waals surface area (Å²) in [6.45, 7) is -0.0520. The Balaban J connectivity index is 2.55. The van der Waals surface area contributed by atoms with Gasteiger partial charge in [-0.05, 0) is 24.5 Å². The molecule has 0 fully saturated rings. The van der Waals surface area contributed by atoms with Gasteiger partial charge in [0.05, 0.1) is 12.2 Å². The average molecular weight is 347 g/mol. The predicted octanol–water partition coefficient (Wildman–Crippen LogP) is 2.59. The van der Waals surface area contributed by atoms with Gasteiger partial charge in [-0.25, -0.2) is 0 Å². The number of nitrogens with zero attached hydrogens (tertiary/aromatic N) is 1. The van der Waals surface area contributed by atoms with Gasteiger partial charge in [-0.15, -0.1) is 0 Å². The molecule has 0 heterocycles. The Morgan fingerprint density at radius 2 is 2.00 bits per heavy atom. The van der Waals surface area contributed by atoms with Gasteiger partial charge in [-0.1, -0.05) is 18.2 Å². The molecular formula is C16H20F3NO4. The van der Waals surface area contributed by atoms with Crippen molar-refractivity contribution in [1.29, 1.82) is 0 Å². The summed E-state index contributed by atoms with van der Waals surface area (Å²) in [4.78, 5) is 24.0. The second-order valence-corrected chi connectivity index (χ2v) is 5.25. The van der Waals surface area contributed by atoms with Crippen LogP contribution in [-0.2, 0) is 26.9 Å². The first-order chi connectivity index (χ1) is 11.2. The molecule has 0 saturated heterocycles. The molecule has 8 heteroatoms. The summed E-state index contributed by atoms with van der Waals surface area (Å²) in [7, 11) is 1.44. The summed E-state index contributed by atoms with van der Waals surface area (Å²) in [5, 5.41) is 8.80. The van der Waals surface area contributed by atoms with Crippen LogP contribution < -0.4 is 0 Å². The SMILES string of the molecule is COCCN(CC(=O)O)C(=O)CCCc1cccc(C(F)(F)F)c1. The number of carboxylic acid groups (broad SMARTS) is 1. The largest absolute Gasteiger partial charge is 0.480 e. The monoisotopic (exact) mass is 347 g/mol. The number of carbonyl (C=O) groups excluding carboxylic acids is 1. The summed E-state index contributed by atoms with van der Waals surface area (Å²) in [6.07, 6.45) is -3.69. The van der Waals surface area contributed by atoms with E-state index in [9.17, 15) is 22.8 Å². The number of amides is 1. The Kier molecular flexibility index (Phi) is 7.70. The van der Waals surface area contributed by atoms with E-state index < -0.39 is 24.3 Å². The van der Waals surface area contributed by atoms with E-state index in [0.717, 1.165) is 17.0 Å². The standard InChI is InChI=1S/C16H20F3NO4/c1-24-9-8-20(11-15(22)23)14(21)7-3-5-12-4-2-6-13(10-12)16(17,18)19/h2,4,6,10H,3,5,7-9,11H2,1H3,(H,22,23). The number of aliphatic carboxylic acids is 1. The van der Waals surface area contributed by atoms with Crippen LogP contribution in [0.3, 0.4) is 0 Å². The molecule has 0 aromatic heterocycles. The smallest absolute Gasteiger partial charge is 0.416 e. The van der Waals surface area contributed by atoms with Crippen molar-refractivity contribution in [2.24, 2.45) is 0 Å². The lowest BCUT2D eigenvalue weighted by Crippen LogP contribution is -2.37. The van der Waals surface area contributed by atoms with Gasteiger partial charge in [0.25, 0.3) is 0 Å². The number of rotatable bonds is 9. The quantitative estimate of drug-likeness (QED) is 0.746. The molecule has 0 spiro atoms. The third kappa shape index (κ3) is 6.99. The Labute approximate surface area is 138 Å². The normalized spacial score (nSPS) is 11.3. The highest BCUT2D eigenvalue weighted by atomic mass is 19.4. The van der Waals surface area contributed by atoms with Gasteiger partial charge >= 0.3 is 12.1 Å². The zero-order chi connectivity index (χ0) is 18.2. The first-order valence-electron chi connectivity index (χ1n) is 7.38. The van der Waals surface area contributed by atoms with E-state index in [1.54, 1.807) is 6.07 Å². The number of carbonyl (C=O) groups is 2. The first kappa shape index (κ1) is 20.0. The van der Waals surface area contributed by atoms with Crippen LogP contribution in [0.4, 0.5) is 13.2 Å². The topological polar surface area (TPSA) is 66.8 Å². The van der Waals surface area contributed by atoms with Crippen molar-refractivity contribution in [2.45, 2.75) is 25.4 Å². The maximum absolute atomic E-state index is 12.6. The molecular weight excluding hydrogens is 327 g/mol. The Morgan fingerprint density at radius 3 is 2.58 bits per heavy atom. The zero-order valence-electron chi connectivity index (χ0n) is 13.3. The van der Waals surface area contributed by atoms with Crippen LogP contribution in [0.2, 0.25) is 0 Å². The summed E-state index contributed by atoms with van der Waals surface area (Å²) in [6, 6.07) is 4.95. The molecule has 1 rings (SSSR count). The van der Waals surface area contributed by atoms with Crippen molar-refractivity contribution >= 4 is 11.9 Å². The second kappa shape index (κ2) is 9.27. The molecule has 5 nitrogen and oxygen atoms in total. The minimum Gasteiger partial charge on any atom is -0.480 e. The molecule has 1 amide bonds. The number of carboxylic acids is 1. The maximum atomic E-state index is 12.6. The summed E-state index contributed by atoms with van der Waals surface area (Å²) < 4.78 is 42.7. The van der Waals surface area contributed by atoms with Crippen LogP contribution in [0.25, 0.3) is 0 Å². The fraction of sp³-hybridized carbons (Fsp3) is 0.500. The van der Waals surface area contributed by atoms with E-state index >= 15 is 0 Å². The summed E-state index contributed by atoms with van der Waals surface area (Å²) in [5.74, 6) is -1.49. The molecule has 0 saturated carbocycles. The van der Waals surface area contributed by atoms with Gasteiger partial charge in [0, 0.05) is 20.1 Å². The maximum Gasteiger partial charge on any atom is 0.416 e. The minimum atomic E-state index is -4.40. The van der Waals surface area contributed by atoms with E-state index in [0.29, 0.717) is 18.4 Å². The zero-order valence-corrected chi connectivity index (χ0v) is 13.3. The van der Waals surface area contributed by atoms with Crippen LogP contribution in [0.5, 0.6) is 0 Å². The number of hydrogen-bond acceptors (Lipinski definition) is 3. The number of aryl methyl sites for hydroxylation is 1. The lowest BCUT2D eigenvalue weighted by atomic mass is 10.0. The minimum absolute atomic E-state index is 0.0627. The third-order valence-corrected chi connectivity index (χ3v) is 3.35. The molecule has 1 aromatic rings. The molecule has 0 radical (unpaired) electrons. The third-order valence-electron chi connectivity index (χ3n) is 3.35. The van der Waals surface area contributed by atoms with E-state index in [2.05, 4.69) is 0 Å². The second-order valence-electron chi connectivity index (χ2n) is 5.25. The Morgan fingerprint density at radius 1 is 1.29 bits per heavy atom. The molecule has 0 aliphatic rings. The molecule has 1 N–H and O–H groups in total. The first-order valence-corrected chi connectivity index (χ1v) is 7.38. The summed E-state index contributed by atoms with van der Waals surface area (Å²) >= 11 is 0.